The molecule has 2 saturated carbocycles. The summed E-state index contributed by atoms with van der Waals surface area (Å²) in [5.74, 6) is 0.303. The fourth-order valence-electron chi connectivity index (χ4n) is 6.12. The summed E-state index contributed by atoms with van der Waals surface area (Å²) in [6.07, 6.45) is 10.1. The molecule has 4 aliphatic rings. The van der Waals surface area contributed by atoms with Crippen molar-refractivity contribution in [2.75, 3.05) is 6.61 Å². The first-order valence-electron chi connectivity index (χ1n) is 9.13. The van der Waals surface area contributed by atoms with Crippen LogP contribution in [0.5, 0.6) is 0 Å². The van der Waals surface area contributed by atoms with Gasteiger partial charge in [-0.05, 0) is 43.3 Å². The molecule has 4 rings (SSSR count). The van der Waals surface area contributed by atoms with Crippen LogP contribution in [0.4, 0.5) is 0 Å². The lowest BCUT2D eigenvalue weighted by atomic mass is 9.47. The molecule has 0 radical (unpaired) electrons. The van der Waals surface area contributed by atoms with Crippen LogP contribution in [0.2, 0.25) is 0 Å². The second-order valence-corrected chi connectivity index (χ2v) is 8.47. The highest BCUT2D eigenvalue weighted by Crippen LogP contribution is 2.63. The predicted octanol–water partition coefficient (Wildman–Crippen LogP) is 2.57. The monoisotopic (exact) mass is 340 g/mol. The molecule has 0 spiro atoms. The van der Waals surface area contributed by atoms with E-state index < -0.39 is 12.0 Å². The zero-order chi connectivity index (χ0) is 18.0. The van der Waals surface area contributed by atoms with Gasteiger partial charge in [0.15, 0.2) is 11.6 Å². The van der Waals surface area contributed by atoms with Crippen LogP contribution < -0.4 is 0 Å². The molecule has 2 fully saturated rings. The Kier molecular flexibility index (Phi) is 3.56. The van der Waals surface area contributed by atoms with Crippen molar-refractivity contribution >= 4 is 17.3 Å². The second kappa shape index (κ2) is 5.34. The molecule has 132 valence electrons. The number of aliphatic hydroxyl groups excluding tert-OH is 1. The average Bonchev–Trinajstić information content (AvgIpc) is 2.91. The van der Waals surface area contributed by atoms with Crippen LogP contribution in [0.25, 0.3) is 0 Å². The van der Waals surface area contributed by atoms with Crippen molar-refractivity contribution in [3.05, 3.63) is 35.5 Å². The summed E-state index contributed by atoms with van der Waals surface area (Å²) in [5.41, 5.74) is 0.895. The van der Waals surface area contributed by atoms with Crippen molar-refractivity contribution < 1.29 is 19.5 Å². The number of allylic oxidation sites excluding steroid dienone is 5. The molecule has 0 bridgehead atoms. The van der Waals surface area contributed by atoms with Gasteiger partial charge in [-0.2, -0.15) is 0 Å². The van der Waals surface area contributed by atoms with Gasteiger partial charge in [0.1, 0.15) is 12.4 Å². The van der Waals surface area contributed by atoms with Gasteiger partial charge in [-0.3, -0.25) is 14.4 Å². The van der Waals surface area contributed by atoms with E-state index in [9.17, 15) is 19.5 Å². The molecule has 4 aliphatic carbocycles. The number of ketones is 3. The Morgan fingerprint density at radius 2 is 2.08 bits per heavy atom. The molecular formula is C21H24O4. The number of aliphatic hydroxyl groups is 1. The van der Waals surface area contributed by atoms with Gasteiger partial charge in [0.25, 0.3) is 0 Å². The Morgan fingerprint density at radius 3 is 2.80 bits per heavy atom. The Labute approximate surface area is 147 Å². The standard InChI is InChI=1S/C21H24O4/c1-20-8-7-13(23)9-12(20)3-4-14-15-5-6-16(18(25)11-22)21(15,2)10-17(24)19(14)20/h6-9,14-15,19,22H,3-5,10-11H2,1-2H3/t14-,15-,19+,20-,21+/m1/s1. The second-order valence-electron chi connectivity index (χ2n) is 8.47. The maximum Gasteiger partial charge on any atom is 0.184 e. The van der Waals surface area contributed by atoms with Gasteiger partial charge in [0, 0.05) is 28.7 Å². The van der Waals surface area contributed by atoms with Crippen LogP contribution in [0.1, 0.15) is 39.5 Å². The van der Waals surface area contributed by atoms with E-state index in [1.165, 1.54) is 0 Å². The van der Waals surface area contributed by atoms with Gasteiger partial charge in [-0.25, -0.2) is 0 Å². The summed E-state index contributed by atoms with van der Waals surface area (Å²) in [6.45, 7) is 3.61. The number of Topliss-reactive ketones (excluding diaryl/α,β-unsaturated/α-hetero) is 2. The Bertz CT molecular complexity index is 771. The molecule has 4 heteroatoms. The van der Waals surface area contributed by atoms with Crippen LogP contribution in [-0.4, -0.2) is 29.1 Å². The molecule has 0 aromatic heterocycles. The number of carbonyl (C=O) groups is 3. The van der Waals surface area contributed by atoms with Crippen LogP contribution >= 0.6 is 0 Å². The third-order valence-electron chi connectivity index (χ3n) is 7.28. The van der Waals surface area contributed by atoms with Crippen molar-refractivity contribution in [3.63, 3.8) is 0 Å². The molecule has 1 N–H and O–H groups in total. The Morgan fingerprint density at radius 1 is 1.32 bits per heavy atom. The summed E-state index contributed by atoms with van der Waals surface area (Å²) >= 11 is 0. The van der Waals surface area contributed by atoms with Gasteiger partial charge in [-0.15, -0.1) is 0 Å². The number of rotatable bonds is 2. The Balaban J connectivity index is 1.74. The van der Waals surface area contributed by atoms with Crippen LogP contribution in [0, 0.1) is 28.6 Å². The fourth-order valence-corrected chi connectivity index (χ4v) is 6.12. The molecule has 0 amide bonds. The maximum absolute atomic E-state index is 13.2. The van der Waals surface area contributed by atoms with Crippen LogP contribution in [0.15, 0.2) is 35.5 Å². The van der Waals surface area contributed by atoms with Crippen molar-refractivity contribution in [2.24, 2.45) is 28.6 Å². The lowest BCUT2D eigenvalue weighted by molar-refractivity contribution is -0.140. The van der Waals surface area contributed by atoms with E-state index in [1.54, 1.807) is 12.2 Å². The van der Waals surface area contributed by atoms with Crippen LogP contribution in [0.3, 0.4) is 0 Å². The van der Waals surface area contributed by atoms with Crippen molar-refractivity contribution in [3.8, 4) is 0 Å². The highest BCUT2D eigenvalue weighted by Gasteiger charge is 2.60. The molecular weight excluding hydrogens is 316 g/mol. The lowest BCUT2D eigenvalue weighted by Crippen LogP contribution is -2.54. The minimum atomic E-state index is -0.494. The lowest BCUT2D eigenvalue weighted by Gasteiger charge is -2.55. The molecule has 0 heterocycles. The van der Waals surface area contributed by atoms with E-state index in [0.29, 0.717) is 12.0 Å². The van der Waals surface area contributed by atoms with Gasteiger partial charge in [-0.1, -0.05) is 31.6 Å². The molecule has 25 heavy (non-hydrogen) atoms. The van der Waals surface area contributed by atoms with Crippen molar-refractivity contribution in [2.45, 2.75) is 39.5 Å². The molecule has 0 saturated heterocycles. The largest absolute Gasteiger partial charge is 0.388 e. The van der Waals surface area contributed by atoms with Gasteiger partial charge in [0.2, 0.25) is 0 Å². The Hall–Kier alpha value is -1.81. The van der Waals surface area contributed by atoms with Gasteiger partial charge >= 0.3 is 0 Å². The van der Waals surface area contributed by atoms with E-state index in [4.69, 9.17) is 0 Å². The molecule has 0 aromatic rings. The zero-order valence-corrected chi connectivity index (χ0v) is 14.7. The van der Waals surface area contributed by atoms with E-state index in [2.05, 4.69) is 6.92 Å². The molecule has 0 aromatic carbocycles. The quantitative estimate of drug-likeness (QED) is 0.839. The number of hydrogen-bond donors (Lipinski definition) is 1. The first kappa shape index (κ1) is 16.6. The average molecular weight is 340 g/mol. The summed E-state index contributed by atoms with van der Waals surface area (Å²) in [6, 6.07) is 0. The first-order valence-corrected chi connectivity index (χ1v) is 9.13. The normalized spacial score (nSPS) is 42.3. The third kappa shape index (κ3) is 2.13. The van der Waals surface area contributed by atoms with E-state index in [1.807, 2.05) is 19.1 Å². The highest BCUT2D eigenvalue weighted by molar-refractivity contribution is 6.02. The third-order valence-corrected chi connectivity index (χ3v) is 7.28. The molecule has 0 aliphatic heterocycles. The van der Waals surface area contributed by atoms with E-state index in [-0.39, 0.29) is 40.5 Å². The first-order chi connectivity index (χ1) is 11.8. The van der Waals surface area contributed by atoms with Gasteiger partial charge < -0.3 is 5.11 Å². The highest BCUT2D eigenvalue weighted by atomic mass is 16.3. The summed E-state index contributed by atoms with van der Waals surface area (Å²) in [7, 11) is 0. The summed E-state index contributed by atoms with van der Waals surface area (Å²) in [4.78, 5) is 37.2. The minimum Gasteiger partial charge on any atom is -0.388 e. The van der Waals surface area contributed by atoms with Crippen molar-refractivity contribution in [1.82, 2.24) is 0 Å². The summed E-state index contributed by atoms with van der Waals surface area (Å²) in [5, 5.41) is 9.29. The number of hydrogen-bond acceptors (Lipinski definition) is 4. The van der Waals surface area contributed by atoms with Gasteiger partial charge in [0.05, 0.1) is 0 Å². The topological polar surface area (TPSA) is 71.4 Å². The minimum absolute atomic E-state index is 0.0115. The maximum atomic E-state index is 13.2. The number of carbonyl (C=O) groups excluding carboxylic acids is 3. The van der Waals surface area contributed by atoms with Crippen molar-refractivity contribution in [1.29, 1.82) is 0 Å². The summed E-state index contributed by atoms with van der Waals surface area (Å²) < 4.78 is 0. The smallest absolute Gasteiger partial charge is 0.184 e. The number of fused-ring (bicyclic) bond motifs is 5. The predicted molar refractivity (Wildman–Crippen MR) is 92.6 cm³/mol. The SMILES string of the molecule is C[C@@]12C=CC(=O)C=C1CC[C@H]1[C@H]2C(=O)C[C@]2(C)C(C(=O)CO)=CC[C@H]12. The fraction of sp³-hybridized carbons (Fsp3) is 0.571. The van der Waals surface area contributed by atoms with E-state index in [0.717, 1.165) is 24.8 Å². The molecule has 4 nitrogen and oxygen atoms in total. The zero-order valence-electron chi connectivity index (χ0n) is 14.7. The molecule has 0 unspecified atom stereocenters. The molecule has 5 atom stereocenters. The van der Waals surface area contributed by atoms with Crippen LogP contribution in [-0.2, 0) is 14.4 Å². The van der Waals surface area contributed by atoms with E-state index >= 15 is 0 Å².